The Morgan fingerprint density at radius 1 is 1.35 bits per heavy atom. The van der Waals surface area contributed by atoms with Gasteiger partial charge < -0.3 is 29.5 Å². The number of aliphatic hydroxyl groups excluding tert-OH is 3. The van der Waals surface area contributed by atoms with Gasteiger partial charge in [-0.25, -0.2) is 4.79 Å². The number of rotatable bonds is 4. The van der Waals surface area contributed by atoms with Crippen LogP contribution in [-0.2, 0) is 19.0 Å². The number of ether oxygens (including phenoxy) is 3. The molecular formula is C10H18O7. The summed E-state index contributed by atoms with van der Waals surface area (Å²) < 4.78 is 15.0. The van der Waals surface area contributed by atoms with Crippen LogP contribution >= 0.6 is 0 Å². The molecule has 7 nitrogen and oxygen atoms in total. The lowest BCUT2D eigenvalue weighted by atomic mass is 10.0. The van der Waals surface area contributed by atoms with E-state index < -0.39 is 42.8 Å². The fourth-order valence-corrected chi connectivity index (χ4v) is 1.72. The summed E-state index contributed by atoms with van der Waals surface area (Å²) in [6.07, 6.45) is -4.90. The first-order chi connectivity index (χ1) is 7.82. The summed E-state index contributed by atoms with van der Waals surface area (Å²) >= 11 is 0. The van der Waals surface area contributed by atoms with E-state index in [1.54, 1.807) is 13.8 Å². The summed E-state index contributed by atoms with van der Waals surface area (Å²) in [4.78, 5) is 11.2. The second kappa shape index (κ2) is 5.28. The van der Waals surface area contributed by atoms with Crippen molar-refractivity contribution in [3.05, 3.63) is 0 Å². The minimum Gasteiger partial charge on any atom is -0.467 e. The van der Waals surface area contributed by atoms with Crippen molar-refractivity contribution >= 4 is 5.97 Å². The smallest absolute Gasteiger partial charge is 0.337 e. The maximum Gasteiger partial charge on any atom is 0.337 e. The van der Waals surface area contributed by atoms with Crippen LogP contribution in [0.4, 0.5) is 0 Å². The van der Waals surface area contributed by atoms with E-state index in [2.05, 4.69) is 4.74 Å². The molecule has 1 saturated heterocycles. The SMILES string of the molecule is COC(=O)[C@H](O)[C@H]1OC(C)(C)O[C@@H]1[C@H](O)CO. The summed E-state index contributed by atoms with van der Waals surface area (Å²) in [5.74, 6) is -1.94. The van der Waals surface area contributed by atoms with Gasteiger partial charge >= 0.3 is 5.97 Å². The highest BCUT2D eigenvalue weighted by atomic mass is 16.8. The second-order valence-electron chi connectivity index (χ2n) is 4.28. The van der Waals surface area contributed by atoms with Gasteiger partial charge in [0.05, 0.1) is 13.7 Å². The van der Waals surface area contributed by atoms with Gasteiger partial charge in [-0.3, -0.25) is 0 Å². The van der Waals surface area contributed by atoms with Crippen LogP contribution in [0.15, 0.2) is 0 Å². The molecule has 0 aromatic rings. The molecule has 1 rings (SSSR count). The van der Waals surface area contributed by atoms with Crippen LogP contribution in [0.1, 0.15) is 13.8 Å². The van der Waals surface area contributed by atoms with Crippen LogP contribution in [0.5, 0.6) is 0 Å². The third-order valence-corrected chi connectivity index (χ3v) is 2.48. The molecule has 0 aromatic heterocycles. The molecule has 1 aliphatic heterocycles. The summed E-state index contributed by atoms with van der Waals surface area (Å²) in [7, 11) is 1.13. The van der Waals surface area contributed by atoms with Gasteiger partial charge in [0.25, 0.3) is 0 Å². The highest BCUT2D eigenvalue weighted by Crippen LogP contribution is 2.32. The van der Waals surface area contributed by atoms with E-state index >= 15 is 0 Å². The quantitative estimate of drug-likeness (QED) is 0.516. The molecule has 0 aliphatic carbocycles. The van der Waals surface area contributed by atoms with E-state index in [-0.39, 0.29) is 0 Å². The first kappa shape index (κ1) is 14.3. The van der Waals surface area contributed by atoms with Crippen molar-refractivity contribution in [2.24, 2.45) is 0 Å². The topological polar surface area (TPSA) is 105 Å². The fraction of sp³-hybridized carbons (Fsp3) is 0.900. The van der Waals surface area contributed by atoms with Crippen molar-refractivity contribution in [2.75, 3.05) is 13.7 Å². The van der Waals surface area contributed by atoms with Crippen molar-refractivity contribution < 1.29 is 34.3 Å². The monoisotopic (exact) mass is 250 g/mol. The summed E-state index contributed by atoms with van der Waals surface area (Å²) in [5, 5.41) is 28.1. The van der Waals surface area contributed by atoms with Crippen LogP contribution in [-0.4, -0.2) is 65.2 Å². The Labute approximate surface area is 98.9 Å². The molecule has 0 unspecified atom stereocenters. The van der Waals surface area contributed by atoms with Crippen molar-refractivity contribution in [3.63, 3.8) is 0 Å². The molecule has 4 atom stereocenters. The summed E-state index contributed by atoms with van der Waals surface area (Å²) in [6, 6.07) is 0. The lowest BCUT2D eigenvalue weighted by Crippen LogP contribution is -2.47. The highest BCUT2D eigenvalue weighted by Gasteiger charge is 2.49. The minimum absolute atomic E-state index is 0.561. The molecule has 1 aliphatic rings. The summed E-state index contributed by atoms with van der Waals surface area (Å²) in [5.41, 5.74) is 0. The lowest BCUT2D eigenvalue weighted by Gasteiger charge is -2.23. The van der Waals surface area contributed by atoms with Crippen LogP contribution in [0, 0.1) is 0 Å². The first-order valence-corrected chi connectivity index (χ1v) is 5.23. The zero-order chi connectivity index (χ0) is 13.2. The molecular weight excluding hydrogens is 232 g/mol. The number of hydrogen-bond acceptors (Lipinski definition) is 7. The Kier molecular flexibility index (Phi) is 4.45. The maximum atomic E-state index is 11.2. The molecule has 100 valence electrons. The van der Waals surface area contributed by atoms with E-state index in [9.17, 15) is 15.0 Å². The number of aliphatic hydroxyl groups is 3. The molecule has 0 radical (unpaired) electrons. The number of methoxy groups -OCH3 is 1. The Bertz CT molecular complexity index is 278. The average molecular weight is 250 g/mol. The van der Waals surface area contributed by atoms with E-state index in [0.717, 1.165) is 7.11 Å². The predicted octanol–water partition coefficient (Wildman–Crippen LogP) is -1.61. The van der Waals surface area contributed by atoms with Gasteiger partial charge in [-0.15, -0.1) is 0 Å². The largest absolute Gasteiger partial charge is 0.467 e. The van der Waals surface area contributed by atoms with Crippen molar-refractivity contribution in [1.29, 1.82) is 0 Å². The number of carbonyl (C=O) groups excluding carboxylic acids is 1. The van der Waals surface area contributed by atoms with E-state index in [1.807, 2.05) is 0 Å². The predicted molar refractivity (Wildman–Crippen MR) is 54.9 cm³/mol. The Balaban J connectivity index is 2.83. The Hall–Kier alpha value is -0.730. The van der Waals surface area contributed by atoms with Gasteiger partial charge in [-0.2, -0.15) is 0 Å². The van der Waals surface area contributed by atoms with Gasteiger partial charge in [-0.1, -0.05) is 0 Å². The molecule has 0 bridgehead atoms. The first-order valence-electron chi connectivity index (χ1n) is 5.23. The molecule has 0 saturated carbocycles. The molecule has 0 amide bonds. The molecule has 0 spiro atoms. The third-order valence-electron chi connectivity index (χ3n) is 2.48. The third kappa shape index (κ3) is 3.14. The zero-order valence-electron chi connectivity index (χ0n) is 9.99. The minimum atomic E-state index is -1.58. The molecule has 17 heavy (non-hydrogen) atoms. The van der Waals surface area contributed by atoms with Crippen molar-refractivity contribution in [2.45, 2.75) is 44.1 Å². The molecule has 0 aromatic carbocycles. The number of esters is 1. The van der Waals surface area contributed by atoms with Gasteiger partial charge in [0.15, 0.2) is 11.9 Å². The van der Waals surface area contributed by atoms with Crippen LogP contribution in [0.3, 0.4) is 0 Å². The molecule has 1 fully saturated rings. The van der Waals surface area contributed by atoms with Gasteiger partial charge in [0.2, 0.25) is 0 Å². The standard InChI is InChI=1S/C10H18O7/c1-10(2)16-7(5(12)4-11)8(17-10)6(13)9(14)15-3/h5-8,11-13H,4H2,1-3H3/t5-,6-,7-,8-/m1/s1. The Morgan fingerprint density at radius 2 is 1.88 bits per heavy atom. The van der Waals surface area contributed by atoms with Gasteiger partial charge in [0.1, 0.15) is 18.3 Å². The highest BCUT2D eigenvalue weighted by molar-refractivity contribution is 5.75. The van der Waals surface area contributed by atoms with Gasteiger partial charge in [-0.05, 0) is 13.8 Å². The van der Waals surface area contributed by atoms with Crippen molar-refractivity contribution in [1.82, 2.24) is 0 Å². The molecule has 7 heteroatoms. The second-order valence-corrected chi connectivity index (χ2v) is 4.28. The Morgan fingerprint density at radius 3 is 2.35 bits per heavy atom. The van der Waals surface area contributed by atoms with Crippen LogP contribution < -0.4 is 0 Å². The van der Waals surface area contributed by atoms with Crippen molar-refractivity contribution in [3.8, 4) is 0 Å². The lowest BCUT2D eigenvalue weighted by molar-refractivity contribution is -0.171. The van der Waals surface area contributed by atoms with Crippen LogP contribution in [0.2, 0.25) is 0 Å². The van der Waals surface area contributed by atoms with E-state index in [4.69, 9.17) is 14.6 Å². The van der Waals surface area contributed by atoms with Gasteiger partial charge in [0, 0.05) is 0 Å². The van der Waals surface area contributed by atoms with E-state index in [1.165, 1.54) is 0 Å². The summed E-state index contributed by atoms with van der Waals surface area (Å²) in [6.45, 7) is 2.59. The maximum absolute atomic E-state index is 11.2. The van der Waals surface area contributed by atoms with E-state index in [0.29, 0.717) is 0 Å². The number of carbonyl (C=O) groups is 1. The van der Waals surface area contributed by atoms with Crippen LogP contribution in [0.25, 0.3) is 0 Å². The molecule has 1 heterocycles. The normalized spacial score (nSPS) is 30.9. The average Bonchev–Trinajstić information content (AvgIpc) is 2.62. The zero-order valence-corrected chi connectivity index (χ0v) is 9.99. The number of hydrogen-bond donors (Lipinski definition) is 3. The fourth-order valence-electron chi connectivity index (χ4n) is 1.72. The molecule has 3 N–H and O–H groups in total.